The lowest BCUT2D eigenvalue weighted by Crippen LogP contribution is -2.44. The molecular formula is C14H22N2O4. The summed E-state index contributed by atoms with van der Waals surface area (Å²) >= 11 is 0. The maximum atomic E-state index is 11.5. The van der Waals surface area contributed by atoms with Crippen LogP contribution in [0.15, 0.2) is 0 Å². The van der Waals surface area contributed by atoms with Crippen molar-refractivity contribution in [2.45, 2.75) is 64.5 Å². The highest BCUT2D eigenvalue weighted by molar-refractivity contribution is 5.97. The molecule has 20 heavy (non-hydrogen) atoms. The van der Waals surface area contributed by atoms with Crippen LogP contribution in [-0.2, 0) is 19.2 Å². The van der Waals surface area contributed by atoms with Crippen LogP contribution in [0.4, 0.5) is 0 Å². The Morgan fingerprint density at radius 1 is 0.750 bits per heavy atom. The summed E-state index contributed by atoms with van der Waals surface area (Å²) in [7, 11) is 0. The zero-order valence-electron chi connectivity index (χ0n) is 12.0. The summed E-state index contributed by atoms with van der Waals surface area (Å²) in [4.78, 5) is 44.6. The van der Waals surface area contributed by atoms with Gasteiger partial charge in [-0.1, -0.05) is 0 Å². The highest BCUT2D eigenvalue weighted by Gasteiger charge is 2.23. The van der Waals surface area contributed by atoms with Crippen molar-refractivity contribution in [3.63, 3.8) is 0 Å². The van der Waals surface area contributed by atoms with E-state index in [1.807, 2.05) is 0 Å². The summed E-state index contributed by atoms with van der Waals surface area (Å²) in [6.07, 6.45) is 2.94. The lowest BCUT2D eigenvalue weighted by molar-refractivity contribution is -0.130. The number of hydrogen-bond donors (Lipinski definition) is 2. The molecule has 0 aromatic carbocycles. The van der Waals surface area contributed by atoms with Gasteiger partial charge in [-0.05, 0) is 39.5 Å². The third-order valence-electron chi connectivity index (χ3n) is 3.28. The molecule has 6 nitrogen and oxygen atoms in total. The SMILES string of the molecule is CC(=O)CC(=O)N[C@H]1CC[C@H](NC(=O)CC(C)=O)CC1. The smallest absolute Gasteiger partial charge is 0.227 e. The lowest BCUT2D eigenvalue weighted by Gasteiger charge is -2.29. The summed E-state index contributed by atoms with van der Waals surface area (Å²) in [6, 6.07) is 0.144. The molecule has 0 bridgehead atoms. The fourth-order valence-corrected chi connectivity index (χ4v) is 2.39. The van der Waals surface area contributed by atoms with Crippen LogP contribution in [0.25, 0.3) is 0 Å². The van der Waals surface area contributed by atoms with Gasteiger partial charge in [-0.3, -0.25) is 19.2 Å². The van der Waals surface area contributed by atoms with Gasteiger partial charge in [0.2, 0.25) is 11.8 Å². The second kappa shape index (κ2) is 7.77. The van der Waals surface area contributed by atoms with Crippen molar-refractivity contribution in [1.82, 2.24) is 10.6 Å². The van der Waals surface area contributed by atoms with Crippen LogP contribution in [0.2, 0.25) is 0 Å². The minimum absolute atomic E-state index is 0.0720. The minimum Gasteiger partial charge on any atom is -0.353 e. The zero-order chi connectivity index (χ0) is 15.1. The molecule has 0 aromatic heterocycles. The van der Waals surface area contributed by atoms with Gasteiger partial charge < -0.3 is 10.6 Å². The van der Waals surface area contributed by atoms with Gasteiger partial charge in [0, 0.05) is 12.1 Å². The van der Waals surface area contributed by atoms with E-state index in [0.29, 0.717) is 0 Å². The largest absolute Gasteiger partial charge is 0.353 e. The molecule has 0 radical (unpaired) electrons. The molecular weight excluding hydrogens is 260 g/mol. The normalized spacial score (nSPS) is 21.9. The van der Waals surface area contributed by atoms with Gasteiger partial charge in [-0.25, -0.2) is 0 Å². The van der Waals surface area contributed by atoms with Gasteiger partial charge in [-0.2, -0.15) is 0 Å². The lowest BCUT2D eigenvalue weighted by atomic mass is 9.91. The van der Waals surface area contributed by atoms with Gasteiger partial charge in [0.15, 0.2) is 0 Å². The first-order chi connectivity index (χ1) is 9.36. The monoisotopic (exact) mass is 282 g/mol. The highest BCUT2D eigenvalue weighted by Crippen LogP contribution is 2.18. The quantitative estimate of drug-likeness (QED) is 0.693. The number of carbonyl (C=O) groups is 4. The Kier molecular flexibility index (Phi) is 6.35. The molecule has 112 valence electrons. The van der Waals surface area contributed by atoms with E-state index in [0.717, 1.165) is 25.7 Å². The Balaban J connectivity index is 2.26. The Morgan fingerprint density at radius 3 is 1.30 bits per heavy atom. The molecule has 1 saturated carbocycles. The molecule has 0 aliphatic heterocycles. The van der Waals surface area contributed by atoms with Crippen molar-refractivity contribution in [1.29, 1.82) is 0 Å². The number of Topliss-reactive ketones (excluding diaryl/α,β-unsaturated/α-hetero) is 2. The minimum atomic E-state index is -0.235. The Bertz CT molecular complexity index is 360. The summed E-state index contributed by atoms with van der Waals surface area (Å²) in [6.45, 7) is 2.78. The summed E-state index contributed by atoms with van der Waals surface area (Å²) in [5.74, 6) is -0.761. The van der Waals surface area contributed by atoms with Crippen molar-refractivity contribution in [2.24, 2.45) is 0 Å². The topological polar surface area (TPSA) is 92.3 Å². The summed E-state index contributed by atoms with van der Waals surface area (Å²) in [5, 5.41) is 5.66. The standard InChI is InChI=1S/C14H22N2O4/c1-9(17)7-13(19)15-11-3-5-12(6-4-11)16-14(20)8-10(2)18/h11-12H,3-8H2,1-2H3,(H,15,19)(H,16,20)/t11-,12-. The molecule has 0 aromatic rings. The van der Waals surface area contributed by atoms with Gasteiger partial charge in [-0.15, -0.1) is 0 Å². The van der Waals surface area contributed by atoms with E-state index in [2.05, 4.69) is 10.6 Å². The number of hydrogen-bond acceptors (Lipinski definition) is 4. The van der Waals surface area contributed by atoms with Gasteiger partial charge in [0.1, 0.15) is 11.6 Å². The Hall–Kier alpha value is -1.72. The number of ketones is 2. The molecule has 1 rings (SSSR count). The molecule has 6 heteroatoms. The van der Waals surface area contributed by atoms with E-state index in [1.54, 1.807) is 0 Å². The first-order valence-corrected chi connectivity index (χ1v) is 6.94. The number of carbonyl (C=O) groups excluding carboxylic acids is 4. The van der Waals surface area contributed by atoms with Crippen LogP contribution < -0.4 is 10.6 Å². The molecule has 1 fully saturated rings. The predicted molar refractivity (Wildman–Crippen MR) is 72.9 cm³/mol. The maximum Gasteiger partial charge on any atom is 0.227 e. The van der Waals surface area contributed by atoms with Crippen LogP contribution in [0, 0.1) is 0 Å². The molecule has 0 spiro atoms. The van der Waals surface area contributed by atoms with Crippen LogP contribution >= 0.6 is 0 Å². The Morgan fingerprint density at radius 2 is 1.05 bits per heavy atom. The second-order valence-electron chi connectivity index (χ2n) is 5.44. The van der Waals surface area contributed by atoms with Crippen LogP contribution in [0.1, 0.15) is 52.4 Å². The van der Waals surface area contributed by atoms with Crippen LogP contribution in [0.3, 0.4) is 0 Å². The number of rotatable bonds is 6. The fraction of sp³-hybridized carbons (Fsp3) is 0.714. The molecule has 0 unspecified atom stereocenters. The molecule has 1 aliphatic rings. The summed E-state index contributed by atoms with van der Waals surface area (Å²) in [5.41, 5.74) is 0. The molecule has 2 amide bonds. The molecule has 1 aliphatic carbocycles. The van der Waals surface area contributed by atoms with Crippen molar-refractivity contribution in [3.8, 4) is 0 Å². The molecule has 0 heterocycles. The fourth-order valence-electron chi connectivity index (χ4n) is 2.39. The number of amides is 2. The highest BCUT2D eigenvalue weighted by atomic mass is 16.2. The van der Waals surface area contributed by atoms with E-state index in [9.17, 15) is 19.2 Å². The predicted octanol–water partition coefficient (Wildman–Crippen LogP) is 0.488. The van der Waals surface area contributed by atoms with E-state index in [4.69, 9.17) is 0 Å². The first-order valence-electron chi connectivity index (χ1n) is 6.94. The second-order valence-corrected chi connectivity index (χ2v) is 5.44. The zero-order valence-corrected chi connectivity index (χ0v) is 12.0. The van der Waals surface area contributed by atoms with Crippen molar-refractivity contribution < 1.29 is 19.2 Å². The van der Waals surface area contributed by atoms with E-state index in [-0.39, 0.29) is 48.3 Å². The molecule has 2 N–H and O–H groups in total. The average Bonchev–Trinajstić information content (AvgIpc) is 2.29. The van der Waals surface area contributed by atoms with Crippen LogP contribution in [0.5, 0.6) is 0 Å². The maximum absolute atomic E-state index is 11.5. The van der Waals surface area contributed by atoms with E-state index >= 15 is 0 Å². The summed E-state index contributed by atoms with van der Waals surface area (Å²) < 4.78 is 0. The molecule has 0 atom stereocenters. The Labute approximate surface area is 118 Å². The third-order valence-corrected chi connectivity index (χ3v) is 3.28. The van der Waals surface area contributed by atoms with E-state index < -0.39 is 0 Å². The van der Waals surface area contributed by atoms with Crippen molar-refractivity contribution in [2.75, 3.05) is 0 Å². The van der Waals surface area contributed by atoms with E-state index in [1.165, 1.54) is 13.8 Å². The third kappa shape index (κ3) is 6.45. The molecule has 0 saturated heterocycles. The van der Waals surface area contributed by atoms with Crippen LogP contribution in [-0.4, -0.2) is 35.5 Å². The van der Waals surface area contributed by atoms with Crippen molar-refractivity contribution in [3.05, 3.63) is 0 Å². The van der Waals surface area contributed by atoms with Crippen molar-refractivity contribution >= 4 is 23.4 Å². The van der Waals surface area contributed by atoms with Gasteiger partial charge in [0.05, 0.1) is 12.8 Å². The average molecular weight is 282 g/mol. The van der Waals surface area contributed by atoms with Gasteiger partial charge >= 0.3 is 0 Å². The first kappa shape index (κ1) is 16.3. The number of nitrogens with one attached hydrogen (secondary N) is 2. The van der Waals surface area contributed by atoms with Gasteiger partial charge in [0.25, 0.3) is 0 Å².